The van der Waals surface area contributed by atoms with Crippen LogP contribution in [0.1, 0.15) is 5.69 Å². The molecular formula is C17H15NO2. The molecule has 100 valence electrons. The van der Waals surface area contributed by atoms with Crippen LogP contribution < -0.4 is 9.47 Å². The fraction of sp³-hybridized carbons (Fsp3) is 0.118. The van der Waals surface area contributed by atoms with E-state index >= 15 is 0 Å². The predicted molar refractivity (Wildman–Crippen MR) is 79.0 cm³/mol. The molecule has 20 heavy (non-hydrogen) atoms. The molecule has 1 heterocycles. The molecule has 3 heteroatoms. The summed E-state index contributed by atoms with van der Waals surface area (Å²) >= 11 is 0. The van der Waals surface area contributed by atoms with Gasteiger partial charge in [0.05, 0.1) is 0 Å². The lowest BCUT2D eigenvalue weighted by Crippen LogP contribution is -2.06. The number of ether oxygens (including phenoxy) is 2. The van der Waals surface area contributed by atoms with Crippen LogP contribution in [0, 0.1) is 6.92 Å². The van der Waals surface area contributed by atoms with Crippen LogP contribution >= 0.6 is 0 Å². The number of aromatic nitrogens is 1. The second kappa shape index (κ2) is 5.61. The molecule has 0 bridgehead atoms. The lowest BCUT2D eigenvalue weighted by molar-refractivity contribution is 0.121. The molecule has 0 saturated heterocycles. The molecule has 0 unspecified atom stereocenters. The lowest BCUT2D eigenvalue weighted by Gasteiger charge is -2.10. The van der Waals surface area contributed by atoms with Crippen molar-refractivity contribution < 1.29 is 9.47 Å². The van der Waals surface area contributed by atoms with Gasteiger partial charge in [-0.1, -0.05) is 36.4 Å². The average Bonchev–Trinajstić information content (AvgIpc) is 2.49. The molecule has 3 nitrogen and oxygen atoms in total. The first-order valence-corrected chi connectivity index (χ1v) is 6.50. The molecule has 0 saturated carbocycles. The molecule has 0 atom stereocenters. The van der Waals surface area contributed by atoms with Crippen LogP contribution in [-0.4, -0.2) is 11.8 Å². The molecular weight excluding hydrogens is 250 g/mol. The van der Waals surface area contributed by atoms with Crippen LogP contribution in [0.5, 0.6) is 11.5 Å². The van der Waals surface area contributed by atoms with Crippen LogP contribution in [0.2, 0.25) is 0 Å². The van der Waals surface area contributed by atoms with E-state index in [1.165, 1.54) is 0 Å². The number of aryl methyl sites for hydroxylation is 1. The third-order valence-corrected chi connectivity index (χ3v) is 3.01. The molecule has 3 aromatic rings. The number of para-hydroxylation sites is 2. The highest BCUT2D eigenvalue weighted by Crippen LogP contribution is 2.24. The van der Waals surface area contributed by atoms with Gasteiger partial charge < -0.3 is 9.47 Å². The van der Waals surface area contributed by atoms with E-state index < -0.39 is 0 Å². The zero-order valence-electron chi connectivity index (χ0n) is 11.2. The van der Waals surface area contributed by atoms with E-state index in [4.69, 9.17) is 9.47 Å². The number of pyridine rings is 1. The van der Waals surface area contributed by atoms with E-state index in [1.807, 2.05) is 67.6 Å². The Bertz CT molecular complexity index is 711. The molecule has 3 rings (SSSR count). The van der Waals surface area contributed by atoms with Gasteiger partial charge in [-0.3, -0.25) is 0 Å². The van der Waals surface area contributed by atoms with Crippen molar-refractivity contribution in [1.29, 1.82) is 0 Å². The van der Waals surface area contributed by atoms with Gasteiger partial charge in [0.2, 0.25) is 6.79 Å². The summed E-state index contributed by atoms with van der Waals surface area (Å²) in [6.45, 7) is 2.13. The van der Waals surface area contributed by atoms with Crippen LogP contribution in [0.3, 0.4) is 0 Å². The van der Waals surface area contributed by atoms with Gasteiger partial charge in [-0.2, -0.15) is 0 Å². The highest BCUT2D eigenvalue weighted by atomic mass is 16.7. The van der Waals surface area contributed by atoms with Crippen molar-refractivity contribution in [3.63, 3.8) is 0 Å². The maximum absolute atomic E-state index is 5.69. The first kappa shape index (κ1) is 12.5. The van der Waals surface area contributed by atoms with Gasteiger partial charge >= 0.3 is 0 Å². The van der Waals surface area contributed by atoms with Gasteiger partial charge in [-0.15, -0.1) is 0 Å². The number of hydrogen-bond donors (Lipinski definition) is 0. The second-order valence-corrected chi connectivity index (χ2v) is 4.50. The van der Waals surface area contributed by atoms with E-state index in [0.29, 0.717) is 0 Å². The molecule has 0 N–H and O–H groups in total. The smallest absolute Gasteiger partial charge is 0.231 e. The van der Waals surface area contributed by atoms with E-state index in [2.05, 4.69) is 4.98 Å². The molecule has 2 aromatic carbocycles. The zero-order valence-corrected chi connectivity index (χ0v) is 11.2. The summed E-state index contributed by atoms with van der Waals surface area (Å²) in [4.78, 5) is 4.52. The monoisotopic (exact) mass is 265 g/mol. The van der Waals surface area contributed by atoms with Gasteiger partial charge in [0.25, 0.3) is 0 Å². The Morgan fingerprint density at radius 2 is 1.70 bits per heavy atom. The topological polar surface area (TPSA) is 31.4 Å². The standard InChI is InChI=1S/C17H15NO2/c1-13-10-11-14-6-5-9-16(17(14)18-13)20-12-19-15-7-3-2-4-8-15/h2-11H,12H2,1H3. The fourth-order valence-electron chi connectivity index (χ4n) is 2.01. The molecule has 0 radical (unpaired) electrons. The first-order chi connectivity index (χ1) is 9.83. The van der Waals surface area contributed by atoms with Crippen LogP contribution in [-0.2, 0) is 0 Å². The summed E-state index contributed by atoms with van der Waals surface area (Å²) in [7, 11) is 0. The summed E-state index contributed by atoms with van der Waals surface area (Å²) < 4.78 is 11.2. The van der Waals surface area contributed by atoms with E-state index in [-0.39, 0.29) is 6.79 Å². The third kappa shape index (κ3) is 2.72. The van der Waals surface area contributed by atoms with Crippen LogP contribution in [0.15, 0.2) is 60.7 Å². The van der Waals surface area contributed by atoms with Gasteiger partial charge in [-0.05, 0) is 31.2 Å². The van der Waals surface area contributed by atoms with E-state index in [1.54, 1.807) is 0 Å². The summed E-state index contributed by atoms with van der Waals surface area (Å²) in [5.74, 6) is 1.53. The number of nitrogens with zero attached hydrogens (tertiary/aromatic N) is 1. The Morgan fingerprint density at radius 3 is 2.55 bits per heavy atom. The molecule has 0 amide bonds. The largest absolute Gasteiger partial charge is 0.458 e. The predicted octanol–water partition coefficient (Wildman–Crippen LogP) is 3.96. The van der Waals surface area contributed by atoms with Crippen molar-refractivity contribution in [3.05, 3.63) is 66.4 Å². The van der Waals surface area contributed by atoms with Crippen LogP contribution in [0.25, 0.3) is 10.9 Å². The quantitative estimate of drug-likeness (QED) is 0.669. The number of fused-ring (bicyclic) bond motifs is 1. The van der Waals surface area contributed by atoms with Gasteiger partial charge in [0, 0.05) is 11.1 Å². The molecule has 0 aliphatic heterocycles. The van der Waals surface area contributed by atoms with E-state index in [0.717, 1.165) is 28.1 Å². The van der Waals surface area contributed by atoms with Crippen molar-refractivity contribution in [2.45, 2.75) is 6.92 Å². The Balaban J connectivity index is 1.76. The van der Waals surface area contributed by atoms with Gasteiger partial charge in [0.1, 0.15) is 17.0 Å². The number of rotatable bonds is 4. The minimum Gasteiger partial charge on any atom is -0.458 e. The number of hydrogen-bond acceptors (Lipinski definition) is 3. The van der Waals surface area contributed by atoms with Gasteiger partial charge in [0.15, 0.2) is 0 Å². The van der Waals surface area contributed by atoms with Crippen molar-refractivity contribution in [2.24, 2.45) is 0 Å². The molecule has 0 fully saturated rings. The molecule has 0 spiro atoms. The Labute approximate surface area is 117 Å². The summed E-state index contributed by atoms with van der Waals surface area (Å²) in [6, 6.07) is 19.5. The van der Waals surface area contributed by atoms with Crippen molar-refractivity contribution >= 4 is 10.9 Å². The minimum atomic E-state index is 0.165. The molecule has 0 aliphatic rings. The Hall–Kier alpha value is -2.55. The maximum Gasteiger partial charge on any atom is 0.231 e. The summed E-state index contributed by atoms with van der Waals surface area (Å²) in [5, 5.41) is 1.06. The Morgan fingerprint density at radius 1 is 0.850 bits per heavy atom. The highest BCUT2D eigenvalue weighted by Gasteiger charge is 2.04. The fourth-order valence-corrected chi connectivity index (χ4v) is 2.01. The van der Waals surface area contributed by atoms with Crippen molar-refractivity contribution in [2.75, 3.05) is 6.79 Å². The van der Waals surface area contributed by atoms with Crippen molar-refractivity contribution in [1.82, 2.24) is 4.98 Å². The molecule has 1 aromatic heterocycles. The second-order valence-electron chi connectivity index (χ2n) is 4.50. The SMILES string of the molecule is Cc1ccc2cccc(OCOc3ccccc3)c2n1. The Kier molecular flexibility index (Phi) is 3.50. The van der Waals surface area contributed by atoms with Crippen molar-refractivity contribution in [3.8, 4) is 11.5 Å². The summed E-state index contributed by atoms with van der Waals surface area (Å²) in [6.07, 6.45) is 0. The average molecular weight is 265 g/mol. The zero-order chi connectivity index (χ0) is 13.8. The summed E-state index contributed by atoms with van der Waals surface area (Å²) in [5.41, 5.74) is 1.83. The lowest BCUT2D eigenvalue weighted by atomic mass is 10.2. The van der Waals surface area contributed by atoms with Gasteiger partial charge in [-0.25, -0.2) is 4.98 Å². The maximum atomic E-state index is 5.69. The number of benzene rings is 2. The first-order valence-electron chi connectivity index (χ1n) is 6.50. The highest BCUT2D eigenvalue weighted by molar-refractivity contribution is 5.84. The van der Waals surface area contributed by atoms with Crippen LogP contribution in [0.4, 0.5) is 0 Å². The third-order valence-electron chi connectivity index (χ3n) is 3.01. The minimum absolute atomic E-state index is 0.165. The molecule has 0 aliphatic carbocycles. The van der Waals surface area contributed by atoms with E-state index in [9.17, 15) is 0 Å². The normalized spacial score (nSPS) is 10.4.